The van der Waals surface area contributed by atoms with E-state index in [1.165, 1.54) is 25.0 Å². The fourth-order valence-corrected chi connectivity index (χ4v) is 2.24. The van der Waals surface area contributed by atoms with Crippen LogP contribution in [-0.4, -0.2) is 9.78 Å². The van der Waals surface area contributed by atoms with Crippen LogP contribution in [-0.2, 0) is 12.6 Å². The van der Waals surface area contributed by atoms with Gasteiger partial charge in [-0.2, -0.15) is 5.10 Å². The Morgan fingerprint density at radius 1 is 1.36 bits per heavy atom. The zero-order valence-corrected chi connectivity index (χ0v) is 9.08. The summed E-state index contributed by atoms with van der Waals surface area (Å²) in [4.78, 5) is 0. The normalized spacial score (nSPS) is 21.1. The third-order valence-corrected chi connectivity index (χ3v) is 3.37. The molecule has 2 rings (SSSR count). The van der Waals surface area contributed by atoms with Crippen molar-refractivity contribution in [2.45, 2.75) is 44.6 Å². The van der Waals surface area contributed by atoms with Crippen LogP contribution < -0.4 is 5.73 Å². The molecule has 1 aromatic rings. The zero-order valence-electron chi connectivity index (χ0n) is 9.08. The fourth-order valence-electron chi connectivity index (χ4n) is 2.24. The average Bonchev–Trinajstić information content (AvgIpc) is 2.49. The molecule has 2 N–H and O–H groups in total. The second-order valence-corrected chi connectivity index (χ2v) is 4.51. The van der Waals surface area contributed by atoms with Crippen LogP contribution in [0.1, 0.15) is 43.5 Å². The number of nitrogens with two attached hydrogens (primary N) is 1. The van der Waals surface area contributed by atoms with Gasteiger partial charge < -0.3 is 5.73 Å². The summed E-state index contributed by atoms with van der Waals surface area (Å²) < 4.78 is 1.92. The first-order valence-electron chi connectivity index (χ1n) is 5.42. The van der Waals surface area contributed by atoms with Crippen LogP contribution in [0, 0.1) is 6.92 Å². The molecule has 0 saturated heterocycles. The molecule has 1 aliphatic carbocycles. The van der Waals surface area contributed by atoms with Gasteiger partial charge in [0.2, 0.25) is 0 Å². The Hall–Kier alpha value is -0.830. The molecule has 0 atom stereocenters. The van der Waals surface area contributed by atoms with Gasteiger partial charge in [-0.3, -0.25) is 4.68 Å². The van der Waals surface area contributed by atoms with E-state index in [1.54, 1.807) is 0 Å². The largest absolute Gasteiger partial charge is 0.320 e. The molecule has 0 unspecified atom stereocenters. The number of rotatable bonds is 1. The molecule has 1 fully saturated rings. The van der Waals surface area contributed by atoms with Gasteiger partial charge in [0.05, 0.1) is 11.2 Å². The molecule has 0 aliphatic heterocycles. The summed E-state index contributed by atoms with van der Waals surface area (Å²) in [5.74, 6) is 0. The van der Waals surface area contributed by atoms with Gasteiger partial charge in [-0.15, -0.1) is 0 Å². The van der Waals surface area contributed by atoms with Crippen LogP contribution in [0.15, 0.2) is 6.07 Å². The molecular formula is C11H19N3. The van der Waals surface area contributed by atoms with E-state index < -0.39 is 0 Å². The summed E-state index contributed by atoms with van der Waals surface area (Å²) in [7, 11) is 1.98. The third-order valence-electron chi connectivity index (χ3n) is 3.37. The van der Waals surface area contributed by atoms with Crippen molar-refractivity contribution in [2.24, 2.45) is 12.8 Å². The Labute approximate surface area is 85.3 Å². The molecule has 1 saturated carbocycles. The highest BCUT2D eigenvalue weighted by Gasteiger charge is 2.31. The van der Waals surface area contributed by atoms with Crippen LogP contribution >= 0.6 is 0 Å². The second kappa shape index (κ2) is 3.39. The quantitative estimate of drug-likeness (QED) is 0.739. The first kappa shape index (κ1) is 9.71. The molecule has 3 heteroatoms. The van der Waals surface area contributed by atoms with Crippen molar-refractivity contribution < 1.29 is 0 Å². The van der Waals surface area contributed by atoms with Crippen molar-refractivity contribution in [3.63, 3.8) is 0 Å². The van der Waals surface area contributed by atoms with E-state index in [0.717, 1.165) is 18.5 Å². The summed E-state index contributed by atoms with van der Waals surface area (Å²) in [6.07, 6.45) is 5.98. The summed E-state index contributed by atoms with van der Waals surface area (Å²) in [6, 6.07) is 2.13. The Balaban J connectivity index is 2.28. The first-order valence-corrected chi connectivity index (χ1v) is 5.42. The van der Waals surface area contributed by atoms with Crippen LogP contribution in [0.4, 0.5) is 0 Å². The SMILES string of the molecule is Cc1cc(C2(N)CCCCC2)nn1C. The molecule has 3 nitrogen and oxygen atoms in total. The summed E-state index contributed by atoms with van der Waals surface area (Å²) in [5.41, 5.74) is 8.51. The average molecular weight is 193 g/mol. The standard InChI is InChI=1S/C11H19N3/c1-9-8-10(13-14(9)2)11(12)6-4-3-5-7-11/h8H,3-7,12H2,1-2H3. The highest BCUT2D eigenvalue weighted by molar-refractivity contribution is 5.18. The van der Waals surface area contributed by atoms with Gasteiger partial charge in [0.15, 0.2) is 0 Å². The van der Waals surface area contributed by atoms with Gasteiger partial charge in [-0.05, 0) is 25.8 Å². The number of nitrogens with zero attached hydrogens (tertiary/aromatic N) is 2. The van der Waals surface area contributed by atoms with Crippen molar-refractivity contribution in [1.82, 2.24) is 9.78 Å². The molecule has 0 bridgehead atoms. The smallest absolute Gasteiger partial charge is 0.0825 e. The lowest BCUT2D eigenvalue weighted by Gasteiger charge is -2.31. The summed E-state index contributed by atoms with van der Waals surface area (Å²) in [6.45, 7) is 2.07. The molecule has 78 valence electrons. The maximum absolute atomic E-state index is 6.39. The molecule has 0 amide bonds. The van der Waals surface area contributed by atoms with E-state index in [9.17, 15) is 0 Å². The summed E-state index contributed by atoms with van der Waals surface area (Å²) >= 11 is 0. The Morgan fingerprint density at radius 2 is 2.00 bits per heavy atom. The molecular weight excluding hydrogens is 174 g/mol. The lowest BCUT2D eigenvalue weighted by Crippen LogP contribution is -2.39. The van der Waals surface area contributed by atoms with Gasteiger partial charge in [-0.1, -0.05) is 19.3 Å². The molecule has 1 aliphatic rings. The minimum Gasteiger partial charge on any atom is -0.320 e. The predicted molar refractivity (Wildman–Crippen MR) is 56.9 cm³/mol. The van der Waals surface area contributed by atoms with Crippen LogP contribution in [0.3, 0.4) is 0 Å². The molecule has 1 aromatic heterocycles. The molecule has 0 spiro atoms. The maximum Gasteiger partial charge on any atom is 0.0825 e. The summed E-state index contributed by atoms with van der Waals surface area (Å²) in [5, 5.41) is 4.50. The topological polar surface area (TPSA) is 43.8 Å². The monoisotopic (exact) mass is 193 g/mol. The van der Waals surface area contributed by atoms with Crippen LogP contribution in [0.5, 0.6) is 0 Å². The van der Waals surface area contributed by atoms with Gasteiger partial charge in [0, 0.05) is 12.7 Å². The molecule has 0 radical (unpaired) electrons. The highest BCUT2D eigenvalue weighted by Crippen LogP contribution is 2.33. The Bertz CT molecular complexity index is 302. The Morgan fingerprint density at radius 3 is 2.50 bits per heavy atom. The number of aromatic nitrogens is 2. The molecule has 0 aromatic carbocycles. The van der Waals surface area contributed by atoms with Gasteiger partial charge >= 0.3 is 0 Å². The predicted octanol–water partition coefficient (Wildman–Crippen LogP) is 1.85. The van der Waals surface area contributed by atoms with Gasteiger partial charge in [0.1, 0.15) is 0 Å². The van der Waals surface area contributed by atoms with Gasteiger partial charge in [-0.25, -0.2) is 0 Å². The van der Waals surface area contributed by atoms with Crippen molar-refractivity contribution in [2.75, 3.05) is 0 Å². The number of hydrogen-bond acceptors (Lipinski definition) is 2. The number of hydrogen-bond donors (Lipinski definition) is 1. The third kappa shape index (κ3) is 1.57. The minimum absolute atomic E-state index is 0.149. The van der Waals surface area contributed by atoms with Crippen molar-refractivity contribution in [3.05, 3.63) is 17.5 Å². The van der Waals surface area contributed by atoms with E-state index in [2.05, 4.69) is 18.1 Å². The fraction of sp³-hybridized carbons (Fsp3) is 0.727. The molecule has 14 heavy (non-hydrogen) atoms. The van der Waals surface area contributed by atoms with Gasteiger partial charge in [0.25, 0.3) is 0 Å². The van der Waals surface area contributed by atoms with E-state index in [1.807, 2.05) is 11.7 Å². The van der Waals surface area contributed by atoms with E-state index in [-0.39, 0.29) is 5.54 Å². The highest BCUT2D eigenvalue weighted by atomic mass is 15.3. The maximum atomic E-state index is 6.39. The van der Waals surface area contributed by atoms with Crippen LogP contribution in [0.2, 0.25) is 0 Å². The van der Waals surface area contributed by atoms with E-state index in [4.69, 9.17) is 5.73 Å². The lowest BCUT2D eigenvalue weighted by molar-refractivity contribution is 0.293. The zero-order chi connectivity index (χ0) is 10.2. The second-order valence-electron chi connectivity index (χ2n) is 4.51. The van der Waals surface area contributed by atoms with Crippen molar-refractivity contribution >= 4 is 0 Å². The lowest BCUT2D eigenvalue weighted by atomic mass is 9.80. The van der Waals surface area contributed by atoms with Crippen molar-refractivity contribution in [1.29, 1.82) is 0 Å². The Kier molecular flexibility index (Phi) is 2.35. The molecule has 1 heterocycles. The minimum atomic E-state index is -0.149. The number of aryl methyl sites for hydroxylation is 2. The first-order chi connectivity index (χ1) is 6.62. The van der Waals surface area contributed by atoms with E-state index >= 15 is 0 Å². The van der Waals surface area contributed by atoms with Crippen molar-refractivity contribution in [3.8, 4) is 0 Å². The van der Waals surface area contributed by atoms with Crippen LogP contribution in [0.25, 0.3) is 0 Å². The van der Waals surface area contributed by atoms with E-state index in [0.29, 0.717) is 0 Å².